The molecule has 1 aromatic carbocycles. The Labute approximate surface area is 101 Å². The van der Waals surface area contributed by atoms with E-state index in [1.165, 1.54) is 12.0 Å². The third kappa shape index (κ3) is 2.38. The molecule has 15 heavy (non-hydrogen) atoms. The molecule has 1 aliphatic carbocycles. The van der Waals surface area contributed by atoms with Gasteiger partial charge < -0.3 is 0 Å². The molecular weight excluding hydrogens is 227 g/mol. The fourth-order valence-corrected chi connectivity index (χ4v) is 2.45. The van der Waals surface area contributed by atoms with Crippen LogP contribution in [0.1, 0.15) is 17.5 Å². The van der Waals surface area contributed by atoms with Crippen LogP contribution in [0.3, 0.4) is 0 Å². The lowest BCUT2D eigenvalue weighted by atomic mass is 10.1. The van der Waals surface area contributed by atoms with Crippen molar-refractivity contribution >= 4 is 23.2 Å². The first-order chi connectivity index (χ1) is 7.11. The summed E-state index contributed by atoms with van der Waals surface area (Å²) in [7, 11) is 0. The predicted molar refractivity (Wildman–Crippen MR) is 66.7 cm³/mol. The maximum absolute atomic E-state index is 6.09. The van der Waals surface area contributed by atoms with Gasteiger partial charge in [-0.05, 0) is 54.9 Å². The van der Waals surface area contributed by atoms with Crippen LogP contribution in [-0.2, 0) is 6.42 Å². The minimum Gasteiger partial charge on any atom is -0.103 e. The predicted octanol–water partition coefficient (Wildman–Crippen LogP) is 4.67. The van der Waals surface area contributed by atoms with E-state index in [0.717, 1.165) is 27.9 Å². The third-order valence-electron chi connectivity index (χ3n) is 3.12. The molecule has 0 radical (unpaired) electrons. The van der Waals surface area contributed by atoms with E-state index < -0.39 is 0 Å². The highest BCUT2D eigenvalue weighted by Crippen LogP contribution is 2.42. The molecule has 0 bridgehead atoms. The van der Waals surface area contributed by atoms with E-state index in [2.05, 4.69) is 6.58 Å². The summed E-state index contributed by atoms with van der Waals surface area (Å²) in [5, 5.41) is 1.54. The molecule has 1 saturated carbocycles. The Bertz CT molecular complexity index is 373. The smallest absolute Gasteiger partial charge is 0.0452 e. The van der Waals surface area contributed by atoms with Crippen molar-refractivity contribution in [3.05, 3.63) is 46.0 Å². The second kappa shape index (κ2) is 4.19. The molecule has 0 aromatic heterocycles. The lowest BCUT2D eigenvalue weighted by Gasteiger charge is -2.05. The fourth-order valence-electron chi connectivity index (χ4n) is 1.91. The van der Waals surface area contributed by atoms with Crippen LogP contribution >= 0.6 is 23.2 Å². The van der Waals surface area contributed by atoms with Gasteiger partial charge in [0.1, 0.15) is 0 Å². The number of hydrogen-bond acceptors (Lipinski definition) is 0. The molecule has 0 amide bonds. The highest BCUT2D eigenvalue weighted by molar-refractivity contribution is 6.36. The second-order valence-corrected chi connectivity index (χ2v) is 5.10. The fraction of sp³-hybridized carbons (Fsp3) is 0.385. The Balaban J connectivity index is 2.13. The molecule has 1 aromatic rings. The zero-order valence-corrected chi connectivity index (χ0v) is 10.3. The first kappa shape index (κ1) is 11.0. The quantitative estimate of drug-likeness (QED) is 0.675. The summed E-state index contributed by atoms with van der Waals surface area (Å²) in [4.78, 5) is 0. The normalized spacial score (nSPS) is 23.9. The van der Waals surface area contributed by atoms with Crippen LogP contribution in [-0.4, -0.2) is 0 Å². The topological polar surface area (TPSA) is 0 Å². The maximum Gasteiger partial charge on any atom is 0.0452 e. The summed E-state index contributed by atoms with van der Waals surface area (Å²) in [6, 6.07) is 4.06. The lowest BCUT2D eigenvalue weighted by molar-refractivity contribution is 0.784. The molecule has 0 N–H and O–H groups in total. The monoisotopic (exact) mass is 240 g/mol. The van der Waals surface area contributed by atoms with Crippen LogP contribution < -0.4 is 0 Å². The number of benzene rings is 1. The van der Waals surface area contributed by atoms with Crippen molar-refractivity contribution in [2.24, 2.45) is 11.8 Å². The molecule has 1 fully saturated rings. The van der Waals surface area contributed by atoms with Crippen LogP contribution in [0.25, 0.3) is 0 Å². The zero-order chi connectivity index (χ0) is 11.0. The number of rotatable bonds is 3. The number of allylic oxidation sites excluding steroid dienone is 1. The molecule has 0 saturated heterocycles. The first-order valence-corrected chi connectivity index (χ1v) is 5.94. The molecule has 0 nitrogen and oxygen atoms in total. The Morgan fingerprint density at radius 1 is 1.40 bits per heavy atom. The summed E-state index contributed by atoms with van der Waals surface area (Å²) in [5.41, 5.74) is 2.21. The van der Waals surface area contributed by atoms with Crippen LogP contribution in [0, 0.1) is 18.8 Å². The molecule has 2 atom stereocenters. The van der Waals surface area contributed by atoms with E-state index in [1.54, 1.807) is 0 Å². The van der Waals surface area contributed by atoms with Crippen LogP contribution in [0.2, 0.25) is 10.0 Å². The highest BCUT2D eigenvalue weighted by Gasteiger charge is 2.34. The van der Waals surface area contributed by atoms with Crippen molar-refractivity contribution in [1.29, 1.82) is 0 Å². The highest BCUT2D eigenvalue weighted by atomic mass is 35.5. The summed E-state index contributed by atoms with van der Waals surface area (Å²) in [6.45, 7) is 5.75. The summed E-state index contributed by atoms with van der Waals surface area (Å²) < 4.78 is 0. The van der Waals surface area contributed by atoms with Crippen molar-refractivity contribution in [3.8, 4) is 0 Å². The molecule has 1 aliphatic rings. The summed E-state index contributed by atoms with van der Waals surface area (Å²) in [6.07, 6.45) is 4.37. The van der Waals surface area contributed by atoms with Crippen molar-refractivity contribution in [2.75, 3.05) is 0 Å². The SMILES string of the molecule is C=CC1CC1Cc1cc(Cl)c(C)c(Cl)c1. The Hall–Kier alpha value is -0.460. The number of hydrogen-bond donors (Lipinski definition) is 0. The maximum atomic E-state index is 6.09. The van der Waals surface area contributed by atoms with Crippen LogP contribution in [0.4, 0.5) is 0 Å². The van der Waals surface area contributed by atoms with Gasteiger partial charge >= 0.3 is 0 Å². The Morgan fingerprint density at radius 2 is 2.00 bits per heavy atom. The van der Waals surface area contributed by atoms with Gasteiger partial charge in [0.15, 0.2) is 0 Å². The average molecular weight is 241 g/mol. The van der Waals surface area contributed by atoms with Gasteiger partial charge in [0.25, 0.3) is 0 Å². The van der Waals surface area contributed by atoms with Crippen molar-refractivity contribution < 1.29 is 0 Å². The van der Waals surface area contributed by atoms with Gasteiger partial charge in [-0.3, -0.25) is 0 Å². The van der Waals surface area contributed by atoms with E-state index in [4.69, 9.17) is 23.2 Å². The first-order valence-electron chi connectivity index (χ1n) is 5.19. The van der Waals surface area contributed by atoms with Crippen LogP contribution in [0.15, 0.2) is 24.8 Å². The van der Waals surface area contributed by atoms with Crippen molar-refractivity contribution in [2.45, 2.75) is 19.8 Å². The largest absolute Gasteiger partial charge is 0.103 e. The number of halogens is 2. The van der Waals surface area contributed by atoms with E-state index in [9.17, 15) is 0 Å². The van der Waals surface area contributed by atoms with Gasteiger partial charge in [-0.15, -0.1) is 6.58 Å². The van der Waals surface area contributed by atoms with E-state index in [1.807, 2.05) is 25.1 Å². The van der Waals surface area contributed by atoms with E-state index in [0.29, 0.717) is 5.92 Å². The van der Waals surface area contributed by atoms with E-state index >= 15 is 0 Å². The molecule has 2 heteroatoms. The average Bonchev–Trinajstić information content (AvgIpc) is 2.93. The van der Waals surface area contributed by atoms with Gasteiger partial charge in [0, 0.05) is 10.0 Å². The lowest BCUT2D eigenvalue weighted by Crippen LogP contribution is -1.91. The standard InChI is InChI=1S/C13H14Cl2/c1-3-10-7-11(10)4-9-5-12(14)8(2)13(15)6-9/h3,5-6,10-11H,1,4,7H2,2H3. The Kier molecular flexibility index (Phi) is 3.08. The summed E-state index contributed by atoms with van der Waals surface area (Å²) in [5.74, 6) is 1.45. The van der Waals surface area contributed by atoms with Gasteiger partial charge in [0.2, 0.25) is 0 Å². The van der Waals surface area contributed by atoms with Gasteiger partial charge in [-0.1, -0.05) is 29.3 Å². The van der Waals surface area contributed by atoms with Gasteiger partial charge in [0.05, 0.1) is 0 Å². The van der Waals surface area contributed by atoms with E-state index in [-0.39, 0.29) is 0 Å². The minimum absolute atomic E-state index is 0.698. The molecule has 0 heterocycles. The Morgan fingerprint density at radius 3 is 2.47 bits per heavy atom. The van der Waals surface area contributed by atoms with Crippen LogP contribution in [0.5, 0.6) is 0 Å². The van der Waals surface area contributed by atoms with Crippen molar-refractivity contribution in [1.82, 2.24) is 0 Å². The molecule has 2 rings (SSSR count). The van der Waals surface area contributed by atoms with Gasteiger partial charge in [-0.2, -0.15) is 0 Å². The van der Waals surface area contributed by atoms with Crippen molar-refractivity contribution in [3.63, 3.8) is 0 Å². The zero-order valence-electron chi connectivity index (χ0n) is 8.76. The second-order valence-electron chi connectivity index (χ2n) is 4.28. The van der Waals surface area contributed by atoms with Gasteiger partial charge in [-0.25, -0.2) is 0 Å². The summed E-state index contributed by atoms with van der Waals surface area (Å²) >= 11 is 12.2. The molecular formula is C13H14Cl2. The molecule has 80 valence electrons. The third-order valence-corrected chi connectivity index (χ3v) is 3.90. The molecule has 0 spiro atoms. The minimum atomic E-state index is 0.698. The molecule has 0 aliphatic heterocycles. The molecule has 2 unspecified atom stereocenters.